The van der Waals surface area contributed by atoms with Crippen LogP contribution in [0.1, 0.15) is 120 Å². The van der Waals surface area contributed by atoms with Gasteiger partial charge in [0.05, 0.1) is 5.71 Å². The maximum atomic E-state index is 13.4. The summed E-state index contributed by atoms with van der Waals surface area (Å²) in [5, 5.41) is 13.3. The third kappa shape index (κ3) is 6.93. The summed E-state index contributed by atoms with van der Waals surface area (Å²) in [6.45, 7) is 17.9. The third-order valence-electron chi connectivity index (χ3n) is 6.53. The second-order valence-corrected chi connectivity index (χ2v) is 11.7. The van der Waals surface area contributed by atoms with Crippen LogP contribution in [-0.2, 0) is 19.3 Å². The number of rotatable bonds is 11. The second kappa shape index (κ2) is 12.2. The summed E-state index contributed by atoms with van der Waals surface area (Å²) in [5.74, 6) is 0.428. The molecule has 0 fully saturated rings. The predicted molar refractivity (Wildman–Crippen MR) is 142 cm³/mol. The molecule has 35 heavy (non-hydrogen) atoms. The van der Waals surface area contributed by atoms with Gasteiger partial charge >= 0.3 is 10.1 Å². The molecule has 0 spiro atoms. The van der Waals surface area contributed by atoms with Crippen molar-refractivity contribution < 1.29 is 22.8 Å². The molecule has 2 rings (SSSR count). The van der Waals surface area contributed by atoms with Gasteiger partial charge in [-0.1, -0.05) is 103 Å². The van der Waals surface area contributed by atoms with Crippen molar-refractivity contribution in [2.75, 3.05) is 0 Å². The highest BCUT2D eigenvalue weighted by molar-refractivity contribution is 7.86. The first kappa shape index (κ1) is 29.0. The highest BCUT2D eigenvalue weighted by Gasteiger charge is 2.29. The Kier molecular flexibility index (Phi) is 10.1. The van der Waals surface area contributed by atoms with Crippen molar-refractivity contribution in [3.8, 4) is 0 Å². The first-order valence-corrected chi connectivity index (χ1v) is 13.8. The van der Waals surface area contributed by atoms with E-state index in [0.717, 1.165) is 28.7 Å². The van der Waals surface area contributed by atoms with Gasteiger partial charge in [0.25, 0.3) is 0 Å². The zero-order valence-electron chi connectivity index (χ0n) is 22.5. The molecule has 1 N–H and O–H groups in total. The van der Waals surface area contributed by atoms with Crippen molar-refractivity contribution >= 4 is 15.8 Å². The van der Waals surface area contributed by atoms with Crippen LogP contribution in [-0.4, -0.2) is 19.4 Å². The monoisotopic (exact) mass is 503 g/mol. The van der Waals surface area contributed by atoms with Gasteiger partial charge in [-0.2, -0.15) is 8.42 Å². The van der Waals surface area contributed by atoms with Crippen molar-refractivity contribution in [1.29, 1.82) is 0 Å². The maximum Gasteiger partial charge on any atom is 0.359 e. The molecule has 0 radical (unpaired) electrons. The molecule has 0 saturated heterocycles. The Morgan fingerprint density at radius 3 is 1.80 bits per heavy atom. The molecule has 2 atom stereocenters. The van der Waals surface area contributed by atoms with Gasteiger partial charge in [0.15, 0.2) is 0 Å². The molecule has 0 aliphatic carbocycles. The van der Waals surface area contributed by atoms with Crippen LogP contribution >= 0.6 is 0 Å². The van der Waals surface area contributed by atoms with Crippen LogP contribution in [0.2, 0.25) is 0 Å². The van der Waals surface area contributed by atoms with Crippen molar-refractivity contribution in [1.82, 2.24) is 0 Å². The summed E-state index contributed by atoms with van der Waals surface area (Å²) in [7, 11) is -4.14. The van der Waals surface area contributed by atoms with E-state index in [1.54, 1.807) is 6.92 Å². The van der Waals surface area contributed by atoms with Crippen LogP contribution in [0.15, 0.2) is 46.4 Å². The number of nitrogens with zero attached hydrogens (tertiary/aromatic N) is 1. The summed E-state index contributed by atoms with van der Waals surface area (Å²) < 4.78 is 32.1. The van der Waals surface area contributed by atoms with Crippen LogP contribution in [0.25, 0.3) is 0 Å². The van der Waals surface area contributed by atoms with Crippen LogP contribution in [0, 0.1) is 5.92 Å². The van der Waals surface area contributed by atoms with Gasteiger partial charge < -0.3 is 0 Å². The van der Waals surface area contributed by atoms with Gasteiger partial charge in [-0.05, 0) is 58.4 Å². The molecule has 0 bridgehead atoms. The number of oxime groups is 1. The van der Waals surface area contributed by atoms with Crippen LogP contribution in [0.5, 0.6) is 0 Å². The van der Waals surface area contributed by atoms with Crippen molar-refractivity contribution in [3.05, 3.63) is 64.2 Å². The van der Waals surface area contributed by atoms with E-state index in [0.29, 0.717) is 11.3 Å². The lowest BCUT2D eigenvalue weighted by atomic mass is 9.89. The SMILES string of the molecule is CCC(C)C(OO)c1ccc(C(C)=NOS(=O)(=O)c2c(C(C)C)cc(C(C)C)cc2C(C)C)cc1. The minimum atomic E-state index is -4.14. The summed E-state index contributed by atoms with van der Waals surface area (Å²) in [5.41, 5.74) is 4.59. The van der Waals surface area contributed by atoms with Gasteiger partial charge in [-0.25, -0.2) is 4.89 Å². The Balaban J connectivity index is 2.43. The van der Waals surface area contributed by atoms with Crippen molar-refractivity contribution in [2.24, 2.45) is 11.1 Å². The van der Waals surface area contributed by atoms with Crippen LogP contribution < -0.4 is 0 Å². The lowest BCUT2D eigenvalue weighted by Gasteiger charge is -2.21. The minimum absolute atomic E-state index is 0.00407. The average molecular weight is 504 g/mol. The highest BCUT2D eigenvalue weighted by Crippen LogP contribution is 2.36. The molecular weight excluding hydrogens is 462 g/mol. The lowest BCUT2D eigenvalue weighted by Crippen LogP contribution is -2.14. The van der Waals surface area contributed by atoms with E-state index in [1.807, 2.05) is 77.9 Å². The smallest absolute Gasteiger partial charge is 0.264 e. The van der Waals surface area contributed by atoms with E-state index in [-0.39, 0.29) is 28.6 Å². The molecule has 194 valence electrons. The molecule has 2 aromatic rings. The molecule has 0 aliphatic heterocycles. The summed E-state index contributed by atoms with van der Waals surface area (Å²) in [6.07, 6.45) is 0.425. The standard InChI is InChI=1S/C28H41NO5S/c1-10-20(8)27(33-30)23-13-11-22(12-14-23)21(9)29-34-35(31,32)28-25(18(4)5)15-24(17(2)3)16-26(28)19(6)7/h11-20,27,30H,10H2,1-9H3. The normalized spacial score (nSPS) is 14.6. The van der Waals surface area contributed by atoms with E-state index in [4.69, 9.17) is 4.28 Å². The minimum Gasteiger partial charge on any atom is -0.264 e. The van der Waals surface area contributed by atoms with Gasteiger partial charge in [-0.3, -0.25) is 9.54 Å². The number of hydrogen-bond donors (Lipinski definition) is 1. The molecule has 0 aliphatic rings. The summed E-state index contributed by atoms with van der Waals surface area (Å²) >= 11 is 0. The Labute approximate surface area is 211 Å². The van der Waals surface area contributed by atoms with Crippen molar-refractivity contribution in [2.45, 2.75) is 97.5 Å². The van der Waals surface area contributed by atoms with E-state index >= 15 is 0 Å². The lowest BCUT2D eigenvalue weighted by molar-refractivity contribution is -0.293. The topological polar surface area (TPSA) is 85.2 Å². The molecule has 2 unspecified atom stereocenters. The van der Waals surface area contributed by atoms with Gasteiger partial charge in [0.1, 0.15) is 11.0 Å². The fourth-order valence-electron chi connectivity index (χ4n) is 3.99. The van der Waals surface area contributed by atoms with Crippen molar-refractivity contribution in [3.63, 3.8) is 0 Å². The molecule has 0 heterocycles. The van der Waals surface area contributed by atoms with E-state index < -0.39 is 16.2 Å². The summed E-state index contributed by atoms with van der Waals surface area (Å²) in [4.78, 5) is 4.90. The number of hydrogen-bond acceptors (Lipinski definition) is 6. The Morgan fingerprint density at radius 1 is 0.886 bits per heavy atom. The number of benzene rings is 2. The molecule has 0 amide bonds. The zero-order valence-corrected chi connectivity index (χ0v) is 23.3. The first-order chi connectivity index (χ1) is 16.3. The molecule has 2 aromatic carbocycles. The third-order valence-corrected chi connectivity index (χ3v) is 7.78. The van der Waals surface area contributed by atoms with E-state index in [9.17, 15) is 13.7 Å². The second-order valence-electron chi connectivity index (χ2n) is 10.2. The molecule has 0 saturated carbocycles. The first-order valence-electron chi connectivity index (χ1n) is 12.4. The quantitative estimate of drug-likeness (QED) is 0.192. The Morgan fingerprint density at radius 2 is 1.40 bits per heavy atom. The van der Waals surface area contributed by atoms with E-state index in [1.165, 1.54) is 0 Å². The van der Waals surface area contributed by atoms with E-state index in [2.05, 4.69) is 23.9 Å². The zero-order chi connectivity index (χ0) is 26.5. The van der Waals surface area contributed by atoms with Gasteiger partial charge in [0.2, 0.25) is 0 Å². The molecule has 6 nitrogen and oxygen atoms in total. The fourth-order valence-corrected chi connectivity index (χ4v) is 5.45. The van der Waals surface area contributed by atoms with Gasteiger partial charge in [-0.15, -0.1) is 0 Å². The summed E-state index contributed by atoms with van der Waals surface area (Å²) in [6, 6.07) is 11.3. The molecular formula is C28H41NO5S. The van der Waals surface area contributed by atoms with Crippen LogP contribution in [0.3, 0.4) is 0 Å². The highest BCUT2D eigenvalue weighted by atomic mass is 32.2. The van der Waals surface area contributed by atoms with Gasteiger partial charge in [0, 0.05) is 0 Å². The maximum absolute atomic E-state index is 13.4. The fraction of sp³-hybridized carbons (Fsp3) is 0.536. The average Bonchev–Trinajstić information content (AvgIpc) is 2.82. The molecule has 0 aromatic heterocycles. The Hall–Kier alpha value is -2.22. The van der Waals surface area contributed by atoms with Crippen LogP contribution in [0.4, 0.5) is 0 Å². The molecule has 7 heteroatoms. The largest absolute Gasteiger partial charge is 0.359 e. The Bertz CT molecular complexity index is 1090. The predicted octanol–water partition coefficient (Wildman–Crippen LogP) is 7.76.